The quantitative estimate of drug-likeness (QED) is 0.0675. The summed E-state index contributed by atoms with van der Waals surface area (Å²) in [5.74, 6) is 6.51. The van der Waals surface area contributed by atoms with E-state index in [1.165, 1.54) is 37.4 Å². The Morgan fingerprint density at radius 1 is 0.500 bits per heavy atom. The molecule has 0 aliphatic heterocycles. The first kappa shape index (κ1) is 31.9. The molecule has 0 saturated heterocycles. The second kappa shape index (κ2) is 20.3. The number of rotatable bonds is 21. The van der Waals surface area contributed by atoms with Gasteiger partial charge in [0.2, 0.25) is 29.3 Å². The molecule has 0 aliphatic carbocycles. The molecule has 0 aromatic heterocycles. The minimum absolute atomic E-state index is 0.514. The van der Waals surface area contributed by atoms with Crippen molar-refractivity contribution in [2.24, 2.45) is 0 Å². The van der Waals surface area contributed by atoms with Crippen LogP contribution in [-0.4, -0.2) is 46.5 Å². The van der Waals surface area contributed by atoms with Gasteiger partial charge in [0.1, 0.15) is 20.9 Å². The van der Waals surface area contributed by atoms with E-state index in [9.17, 15) is 0 Å². The SMILES string of the molecule is S=P(SCCC[SiH2]Oc1ccccc1)(SCCC[SiH2]Oc1ccccc1)SCCC[SiH2]Oc1ccccc1. The third kappa shape index (κ3) is 14.7. The molecule has 0 saturated carbocycles. The minimum atomic E-state index is -1.53. The maximum absolute atomic E-state index is 6.31. The molecule has 0 radical (unpaired) electrons. The highest BCUT2D eigenvalue weighted by Crippen LogP contribution is 2.78. The van der Waals surface area contributed by atoms with Gasteiger partial charge in [-0.05, 0) is 91.1 Å². The van der Waals surface area contributed by atoms with Crippen molar-refractivity contribution in [2.45, 2.75) is 37.4 Å². The van der Waals surface area contributed by atoms with Crippen molar-refractivity contribution in [2.75, 3.05) is 17.3 Å². The lowest BCUT2D eigenvalue weighted by molar-refractivity contribution is 0.590. The van der Waals surface area contributed by atoms with E-state index in [0.717, 1.165) is 34.5 Å². The smallest absolute Gasteiger partial charge is 0.219 e. The predicted octanol–water partition coefficient (Wildman–Crippen LogP) is 7.32. The summed E-state index contributed by atoms with van der Waals surface area (Å²) in [4.78, 5) is 0. The lowest BCUT2D eigenvalue weighted by Crippen LogP contribution is -2.02. The average molecular weight is 655 g/mol. The third-order valence-electron chi connectivity index (χ3n) is 5.40. The van der Waals surface area contributed by atoms with Crippen LogP contribution in [0.15, 0.2) is 91.0 Å². The molecule has 0 unspecified atom stereocenters. The molecule has 0 spiro atoms. The van der Waals surface area contributed by atoms with Crippen LogP contribution in [0.1, 0.15) is 19.3 Å². The molecule has 0 bridgehead atoms. The molecule has 0 amide bonds. The van der Waals surface area contributed by atoms with Crippen LogP contribution in [0.3, 0.4) is 0 Å². The van der Waals surface area contributed by atoms with E-state index in [4.69, 9.17) is 25.1 Å². The average Bonchev–Trinajstić information content (AvgIpc) is 2.96. The largest absolute Gasteiger partial charge is 0.549 e. The summed E-state index contributed by atoms with van der Waals surface area (Å²) in [6.45, 7) is 0. The van der Waals surface area contributed by atoms with E-state index in [2.05, 4.69) is 70.5 Å². The summed E-state index contributed by atoms with van der Waals surface area (Å²) in [6, 6.07) is 34.3. The summed E-state index contributed by atoms with van der Waals surface area (Å²) in [6.07, 6.45) is 3.62. The second-order valence-corrected chi connectivity index (χ2v) is 28.7. The van der Waals surface area contributed by atoms with Crippen LogP contribution in [0.2, 0.25) is 18.1 Å². The van der Waals surface area contributed by atoms with Gasteiger partial charge >= 0.3 is 0 Å². The molecule has 0 aliphatic rings. The lowest BCUT2D eigenvalue weighted by atomic mass is 10.3. The van der Waals surface area contributed by atoms with E-state index in [-0.39, 0.29) is 0 Å². The van der Waals surface area contributed by atoms with Gasteiger partial charge < -0.3 is 13.3 Å². The first-order valence-corrected chi connectivity index (χ1v) is 25.6. The summed E-state index contributed by atoms with van der Waals surface area (Å²) in [7, 11) is -1.54. The fourth-order valence-corrected chi connectivity index (χ4v) is 21.3. The van der Waals surface area contributed by atoms with Crippen LogP contribution in [0.5, 0.6) is 17.2 Å². The van der Waals surface area contributed by atoms with Crippen LogP contribution >= 0.6 is 37.8 Å². The van der Waals surface area contributed by atoms with Crippen molar-refractivity contribution in [3.05, 3.63) is 91.0 Å². The van der Waals surface area contributed by atoms with Crippen molar-refractivity contribution in [1.29, 1.82) is 0 Å². The molecule has 3 aromatic rings. The van der Waals surface area contributed by atoms with E-state index in [0.29, 0.717) is 0 Å². The molecule has 3 rings (SSSR count). The molecule has 206 valence electrons. The first-order valence-electron chi connectivity index (χ1n) is 13.3. The summed E-state index contributed by atoms with van der Waals surface area (Å²) >= 11 is 12.5. The highest BCUT2D eigenvalue weighted by Gasteiger charge is 2.19. The maximum Gasteiger partial charge on any atom is 0.219 e. The molecule has 3 nitrogen and oxygen atoms in total. The summed E-state index contributed by atoms with van der Waals surface area (Å²) in [5, 5.41) is 0. The van der Waals surface area contributed by atoms with Crippen LogP contribution < -0.4 is 13.3 Å². The third-order valence-corrected chi connectivity index (χ3v) is 24.8. The van der Waals surface area contributed by atoms with Gasteiger partial charge in [-0.3, -0.25) is 0 Å². The zero-order chi connectivity index (χ0) is 26.6. The van der Waals surface area contributed by atoms with Gasteiger partial charge in [0, 0.05) is 0 Å². The van der Waals surface area contributed by atoms with Gasteiger partial charge in [-0.25, -0.2) is 0 Å². The van der Waals surface area contributed by atoms with Crippen LogP contribution in [0.4, 0.5) is 0 Å². The van der Waals surface area contributed by atoms with E-state index < -0.39 is 32.9 Å². The molecule has 11 heteroatoms. The fraction of sp³-hybridized carbons (Fsp3) is 0.333. The van der Waals surface area contributed by atoms with Crippen LogP contribution in [-0.2, 0) is 11.8 Å². The minimum Gasteiger partial charge on any atom is -0.549 e. The predicted molar refractivity (Wildman–Crippen MR) is 187 cm³/mol. The van der Waals surface area contributed by atoms with E-state index >= 15 is 0 Å². The Morgan fingerprint density at radius 3 is 1.08 bits per heavy atom. The van der Waals surface area contributed by atoms with Crippen molar-refractivity contribution in [3.63, 3.8) is 0 Å². The van der Waals surface area contributed by atoms with Crippen molar-refractivity contribution >= 4 is 78.9 Å². The Bertz CT molecular complexity index is 908. The van der Waals surface area contributed by atoms with Crippen LogP contribution in [0, 0.1) is 0 Å². The normalized spacial score (nSPS) is 13.5. The molecular formula is C27H39O3PS4Si3. The van der Waals surface area contributed by atoms with Crippen molar-refractivity contribution < 1.29 is 13.3 Å². The molecule has 0 fully saturated rings. The molecule has 0 heterocycles. The Labute approximate surface area is 253 Å². The van der Waals surface area contributed by atoms with Gasteiger partial charge in [0.15, 0.2) is 0 Å². The van der Waals surface area contributed by atoms with Gasteiger partial charge in [-0.2, -0.15) is 0 Å². The van der Waals surface area contributed by atoms with Gasteiger partial charge in [-0.1, -0.05) is 66.4 Å². The van der Waals surface area contributed by atoms with Crippen molar-refractivity contribution in [3.8, 4) is 17.2 Å². The molecule has 0 N–H and O–H groups in total. The van der Waals surface area contributed by atoms with Crippen LogP contribution in [0.25, 0.3) is 0 Å². The summed E-state index contributed by atoms with van der Waals surface area (Å²) < 4.78 is 16.4. The number of hydrogen-bond acceptors (Lipinski definition) is 7. The summed E-state index contributed by atoms with van der Waals surface area (Å²) in [5.41, 5.74) is 0. The lowest BCUT2D eigenvalue weighted by Gasteiger charge is -2.20. The van der Waals surface area contributed by atoms with Gasteiger partial charge in [0.25, 0.3) is 0 Å². The Kier molecular flexibility index (Phi) is 17.1. The maximum atomic E-state index is 6.31. The number of para-hydroxylation sites is 3. The second-order valence-electron chi connectivity index (χ2n) is 8.55. The first-order chi connectivity index (χ1) is 18.7. The number of hydrogen-bond donors (Lipinski definition) is 0. The highest BCUT2D eigenvalue weighted by molar-refractivity contribution is 9.23. The standard InChI is InChI=1S/C27H39O3PS4Si3/c32-31(33-19-10-22-36-28-25-13-4-1-5-14-25,34-20-11-23-37-29-26-15-6-2-7-16-26)35-21-12-24-38-30-27-17-8-3-9-18-27/h1-9,13-18H,10-12,19-24,36-38H2. The van der Waals surface area contributed by atoms with E-state index in [1.807, 2.05) is 54.6 Å². The van der Waals surface area contributed by atoms with Gasteiger partial charge in [0.05, 0.1) is 0 Å². The zero-order valence-corrected chi connectivity index (χ0v) is 30.4. The molecular weight excluding hydrogens is 616 g/mol. The molecule has 3 aromatic carbocycles. The Hall–Kier alpha value is -0.589. The Balaban J connectivity index is 1.32. The van der Waals surface area contributed by atoms with Gasteiger partial charge in [-0.15, -0.1) is 34.1 Å². The Morgan fingerprint density at radius 2 is 0.789 bits per heavy atom. The topological polar surface area (TPSA) is 27.7 Å². The van der Waals surface area contributed by atoms with Crippen molar-refractivity contribution in [1.82, 2.24) is 0 Å². The number of benzene rings is 3. The monoisotopic (exact) mass is 654 g/mol. The van der Waals surface area contributed by atoms with E-state index in [1.54, 1.807) is 0 Å². The zero-order valence-electron chi connectivity index (χ0n) is 22.0. The molecule has 0 atom stereocenters. The highest BCUT2D eigenvalue weighted by atomic mass is 33.5. The molecule has 38 heavy (non-hydrogen) atoms. The fourth-order valence-electron chi connectivity index (χ4n) is 3.37.